The Bertz CT molecular complexity index is 354. The Morgan fingerprint density at radius 2 is 1.62 bits per heavy atom. The number of unbranched alkanes of at least 4 members (excludes halogenated alkanes) is 8. The van der Waals surface area contributed by atoms with Crippen molar-refractivity contribution in [2.75, 3.05) is 19.7 Å². The molecule has 0 aromatic carbocycles. The van der Waals surface area contributed by atoms with Crippen LogP contribution in [0, 0.1) is 0 Å². The fourth-order valence-corrected chi connectivity index (χ4v) is 3.67. The summed E-state index contributed by atoms with van der Waals surface area (Å²) in [5, 5.41) is 12.8. The first-order valence-electron chi connectivity index (χ1n) is 10.3. The maximum atomic E-state index is 9.33. The van der Waals surface area contributed by atoms with E-state index in [2.05, 4.69) is 43.7 Å². The van der Waals surface area contributed by atoms with Crippen molar-refractivity contribution in [3.8, 4) is 0 Å². The van der Waals surface area contributed by atoms with Gasteiger partial charge in [-0.25, -0.2) is 0 Å². The summed E-state index contributed by atoms with van der Waals surface area (Å²) in [4.78, 5) is 0. The molecular weight excluding hydrogens is 296 g/mol. The number of rotatable bonds is 15. The second-order valence-corrected chi connectivity index (χ2v) is 7.18. The van der Waals surface area contributed by atoms with Gasteiger partial charge in [0, 0.05) is 6.42 Å². The molecule has 1 aliphatic heterocycles. The van der Waals surface area contributed by atoms with Gasteiger partial charge in [0.25, 0.3) is 0 Å². The number of aliphatic hydroxyl groups is 1. The van der Waals surface area contributed by atoms with Crippen LogP contribution in [-0.4, -0.2) is 35.5 Å². The lowest BCUT2D eigenvalue weighted by Crippen LogP contribution is -2.54. The average Bonchev–Trinajstić information content (AvgIpc) is 2.99. The van der Waals surface area contributed by atoms with E-state index < -0.39 is 0 Å². The van der Waals surface area contributed by atoms with Gasteiger partial charge in [0.15, 0.2) is 6.17 Å². The number of allylic oxidation sites excluding steroid dienone is 2. The Morgan fingerprint density at radius 1 is 0.958 bits per heavy atom. The highest BCUT2D eigenvalue weighted by Crippen LogP contribution is 2.22. The molecule has 0 saturated heterocycles. The molecule has 0 fully saturated rings. The first kappa shape index (κ1) is 21.2. The third-order valence-electron chi connectivity index (χ3n) is 5.38. The third kappa shape index (κ3) is 7.85. The Labute approximate surface area is 150 Å². The molecular formula is C21H41N2O+. The van der Waals surface area contributed by atoms with Crippen LogP contribution in [-0.2, 0) is 0 Å². The van der Waals surface area contributed by atoms with Crippen LogP contribution in [0.1, 0.15) is 84.5 Å². The summed E-state index contributed by atoms with van der Waals surface area (Å²) in [6.07, 6.45) is 24.0. The zero-order valence-corrected chi connectivity index (χ0v) is 16.2. The van der Waals surface area contributed by atoms with Gasteiger partial charge in [-0.05, 0) is 39.0 Å². The van der Waals surface area contributed by atoms with Gasteiger partial charge in [-0.15, -0.1) is 0 Å². The molecule has 1 heterocycles. The smallest absolute Gasteiger partial charge is 0.166 e. The zero-order valence-electron chi connectivity index (χ0n) is 16.2. The SMILES string of the molecule is CCCCCC/C=C/CCCCCCC1NC=C[N+]1(CC)CCO. The van der Waals surface area contributed by atoms with Gasteiger partial charge in [-0.1, -0.05) is 51.2 Å². The summed E-state index contributed by atoms with van der Waals surface area (Å²) in [7, 11) is 0. The Kier molecular flexibility index (Phi) is 11.9. The Morgan fingerprint density at radius 3 is 2.25 bits per heavy atom. The number of nitrogens with zero attached hydrogens (tertiary/aromatic N) is 1. The van der Waals surface area contributed by atoms with E-state index in [4.69, 9.17) is 0 Å². The van der Waals surface area contributed by atoms with Gasteiger partial charge in [0.1, 0.15) is 12.7 Å². The molecule has 0 saturated carbocycles. The minimum atomic E-state index is 0.265. The summed E-state index contributed by atoms with van der Waals surface area (Å²) < 4.78 is 0.900. The van der Waals surface area contributed by atoms with Crippen molar-refractivity contribution >= 4 is 0 Å². The van der Waals surface area contributed by atoms with Gasteiger partial charge in [-0.2, -0.15) is 0 Å². The predicted octanol–water partition coefficient (Wildman–Crippen LogP) is 5.08. The van der Waals surface area contributed by atoms with Crippen LogP contribution in [0.4, 0.5) is 0 Å². The van der Waals surface area contributed by atoms with Gasteiger partial charge < -0.3 is 10.4 Å². The molecule has 140 valence electrons. The minimum absolute atomic E-state index is 0.265. The minimum Gasteiger partial charge on any atom is -0.390 e. The molecule has 24 heavy (non-hydrogen) atoms. The molecule has 0 aromatic rings. The van der Waals surface area contributed by atoms with Crippen LogP contribution in [0.3, 0.4) is 0 Å². The standard InChI is InChI=1S/C21H41N2O/c1-3-5-6-7-8-9-10-11-12-13-14-15-16-21-22-17-18-23(21,4-2)19-20-24/h9-10,17-18,21-22,24H,3-8,11-16,19-20H2,1-2H3/q+1/b10-9+. The van der Waals surface area contributed by atoms with Crippen LogP contribution in [0.15, 0.2) is 24.6 Å². The maximum Gasteiger partial charge on any atom is 0.166 e. The summed E-state index contributed by atoms with van der Waals surface area (Å²) in [5.74, 6) is 0. The first-order valence-corrected chi connectivity index (χ1v) is 10.3. The van der Waals surface area contributed by atoms with E-state index in [1.54, 1.807) is 0 Å². The van der Waals surface area contributed by atoms with Gasteiger partial charge in [-0.3, -0.25) is 4.48 Å². The Balaban J connectivity index is 2.01. The van der Waals surface area contributed by atoms with Crippen LogP contribution < -0.4 is 5.32 Å². The monoisotopic (exact) mass is 337 g/mol. The fourth-order valence-electron chi connectivity index (χ4n) is 3.67. The molecule has 0 aromatic heterocycles. The molecule has 1 aliphatic rings. The molecule has 1 rings (SSSR count). The molecule has 2 unspecified atom stereocenters. The van der Waals surface area contributed by atoms with E-state index in [-0.39, 0.29) is 6.61 Å². The van der Waals surface area contributed by atoms with Crippen LogP contribution in [0.2, 0.25) is 0 Å². The van der Waals surface area contributed by atoms with Gasteiger partial charge in [0.2, 0.25) is 0 Å². The molecule has 2 N–H and O–H groups in total. The number of hydrogen-bond acceptors (Lipinski definition) is 2. The number of quaternary nitrogens is 1. The lowest BCUT2D eigenvalue weighted by atomic mass is 10.1. The van der Waals surface area contributed by atoms with Crippen molar-refractivity contribution in [2.24, 2.45) is 0 Å². The van der Waals surface area contributed by atoms with Gasteiger partial charge >= 0.3 is 0 Å². The summed E-state index contributed by atoms with van der Waals surface area (Å²) in [5.41, 5.74) is 0. The molecule has 3 heteroatoms. The highest BCUT2D eigenvalue weighted by atomic mass is 16.3. The van der Waals surface area contributed by atoms with Crippen molar-refractivity contribution in [2.45, 2.75) is 90.6 Å². The highest BCUT2D eigenvalue weighted by Gasteiger charge is 2.35. The topological polar surface area (TPSA) is 32.3 Å². The Hall–Kier alpha value is -0.800. The van der Waals surface area contributed by atoms with Crippen molar-refractivity contribution < 1.29 is 9.59 Å². The lowest BCUT2D eigenvalue weighted by Gasteiger charge is -2.36. The molecule has 2 atom stereocenters. The summed E-state index contributed by atoms with van der Waals surface area (Å²) in [6.45, 7) is 6.63. The van der Waals surface area contributed by atoms with Crippen LogP contribution in [0.5, 0.6) is 0 Å². The number of aliphatic hydroxyl groups excluding tert-OH is 1. The molecule has 0 amide bonds. The van der Waals surface area contributed by atoms with E-state index in [1.807, 2.05) is 0 Å². The quantitative estimate of drug-likeness (QED) is 0.248. The third-order valence-corrected chi connectivity index (χ3v) is 5.38. The predicted molar refractivity (Wildman–Crippen MR) is 104 cm³/mol. The number of likely N-dealkylation sites (N-methyl/N-ethyl adjacent to an activating group) is 1. The largest absolute Gasteiger partial charge is 0.390 e. The van der Waals surface area contributed by atoms with E-state index in [0.29, 0.717) is 6.17 Å². The van der Waals surface area contributed by atoms with Crippen LogP contribution in [0.25, 0.3) is 0 Å². The lowest BCUT2D eigenvalue weighted by molar-refractivity contribution is -0.900. The molecule has 3 nitrogen and oxygen atoms in total. The van der Waals surface area contributed by atoms with Gasteiger partial charge in [0.05, 0.1) is 19.4 Å². The molecule has 0 aliphatic carbocycles. The van der Waals surface area contributed by atoms with Crippen molar-refractivity contribution in [3.05, 3.63) is 24.6 Å². The summed E-state index contributed by atoms with van der Waals surface area (Å²) in [6, 6.07) is 0. The van der Waals surface area contributed by atoms with Crippen molar-refractivity contribution in [3.63, 3.8) is 0 Å². The maximum absolute atomic E-state index is 9.33. The van der Waals surface area contributed by atoms with E-state index in [1.165, 1.54) is 70.6 Å². The normalized spacial score (nSPS) is 23.2. The van der Waals surface area contributed by atoms with Crippen molar-refractivity contribution in [1.29, 1.82) is 0 Å². The number of nitrogens with one attached hydrogen (secondary N) is 1. The number of hydrogen-bond donors (Lipinski definition) is 2. The van der Waals surface area contributed by atoms with E-state index in [9.17, 15) is 5.11 Å². The second-order valence-electron chi connectivity index (χ2n) is 7.18. The molecule has 0 bridgehead atoms. The zero-order chi connectivity index (χ0) is 17.5. The van der Waals surface area contributed by atoms with Crippen molar-refractivity contribution in [1.82, 2.24) is 5.32 Å². The first-order chi connectivity index (χ1) is 11.8. The summed E-state index contributed by atoms with van der Waals surface area (Å²) >= 11 is 0. The van der Waals surface area contributed by atoms with Crippen LogP contribution >= 0.6 is 0 Å². The van der Waals surface area contributed by atoms with E-state index >= 15 is 0 Å². The fraction of sp³-hybridized carbons (Fsp3) is 0.810. The second kappa shape index (κ2) is 13.5. The highest BCUT2D eigenvalue weighted by molar-refractivity contribution is 4.84. The molecule has 0 spiro atoms. The van der Waals surface area contributed by atoms with E-state index in [0.717, 1.165) is 17.6 Å². The average molecular weight is 338 g/mol. The molecule has 0 radical (unpaired) electrons.